The molecule has 2 heterocycles. The average Bonchev–Trinajstić information content (AvgIpc) is 2.72. The second kappa shape index (κ2) is 4.73. The van der Waals surface area contributed by atoms with Gasteiger partial charge in [-0.15, -0.1) is 0 Å². The zero-order valence-electron chi connectivity index (χ0n) is 9.26. The van der Waals surface area contributed by atoms with Crippen molar-refractivity contribution < 1.29 is 9.53 Å². The lowest BCUT2D eigenvalue weighted by Crippen LogP contribution is -2.35. The summed E-state index contributed by atoms with van der Waals surface area (Å²) in [5, 5.41) is 1.35. The van der Waals surface area contributed by atoms with Crippen LogP contribution in [-0.2, 0) is 16.1 Å². The Labute approximate surface area is 103 Å². The highest BCUT2D eigenvalue weighted by Crippen LogP contribution is 2.22. The Morgan fingerprint density at radius 2 is 2.41 bits per heavy atom. The standard InChI is InChI=1S/C11H12ClN3O2/c1-17-11(16)8(13)6-15-5-3-7-2-4-14-10(12)9(7)15/h2-5,8H,6,13H2,1H3. The summed E-state index contributed by atoms with van der Waals surface area (Å²) in [4.78, 5) is 15.2. The molecule has 5 nitrogen and oxygen atoms in total. The second-order valence-electron chi connectivity index (χ2n) is 3.64. The first kappa shape index (κ1) is 11.9. The molecule has 0 aliphatic rings. The minimum atomic E-state index is -0.716. The van der Waals surface area contributed by atoms with E-state index in [-0.39, 0.29) is 0 Å². The van der Waals surface area contributed by atoms with Crippen LogP contribution in [0.25, 0.3) is 10.9 Å². The Kier molecular flexibility index (Phi) is 3.31. The highest BCUT2D eigenvalue weighted by atomic mass is 35.5. The van der Waals surface area contributed by atoms with Crippen LogP contribution in [0.1, 0.15) is 0 Å². The van der Waals surface area contributed by atoms with Gasteiger partial charge in [0.1, 0.15) is 6.04 Å². The second-order valence-corrected chi connectivity index (χ2v) is 4.00. The lowest BCUT2D eigenvalue weighted by Gasteiger charge is -2.11. The molecule has 0 bridgehead atoms. The number of hydrogen-bond acceptors (Lipinski definition) is 4. The van der Waals surface area contributed by atoms with Gasteiger partial charge in [0.25, 0.3) is 0 Å². The van der Waals surface area contributed by atoms with Gasteiger partial charge >= 0.3 is 5.97 Å². The van der Waals surface area contributed by atoms with Crippen molar-refractivity contribution in [3.8, 4) is 0 Å². The van der Waals surface area contributed by atoms with Crippen LogP contribution in [0.4, 0.5) is 0 Å². The van der Waals surface area contributed by atoms with Crippen molar-refractivity contribution in [1.29, 1.82) is 0 Å². The summed E-state index contributed by atoms with van der Waals surface area (Å²) in [6.45, 7) is 0.307. The number of hydrogen-bond donors (Lipinski definition) is 1. The number of nitrogens with two attached hydrogens (primary N) is 1. The molecule has 0 saturated heterocycles. The maximum Gasteiger partial charge on any atom is 0.324 e. The van der Waals surface area contributed by atoms with Gasteiger partial charge in [-0.05, 0) is 12.1 Å². The third kappa shape index (κ3) is 2.25. The van der Waals surface area contributed by atoms with E-state index in [2.05, 4.69) is 9.72 Å². The van der Waals surface area contributed by atoms with Crippen LogP contribution in [0.5, 0.6) is 0 Å². The van der Waals surface area contributed by atoms with Crippen molar-refractivity contribution in [2.45, 2.75) is 12.6 Å². The Morgan fingerprint density at radius 1 is 1.65 bits per heavy atom. The summed E-state index contributed by atoms with van der Waals surface area (Å²) < 4.78 is 6.38. The van der Waals surface area contributed by atoms with E-state index >= 15 is 0 Å². The van der Waals surface area contributed by atoms with Crippen LogP contribution in [0.2, 0.25) is 5.15 Å². The maximum atomic E-state index is 11.2. The molecule has 2 rings (SSSR count). The molecule has 2 aromatic rings. The third-order valence-corrected chi connectivity index (χ3v) is 2.81. The Balaban J connectivity index is 2.34. The highest BCUT2D eigenvalue weighted by Gasteiger charge is 2.16. The van der Waals surface area contributed by atoms with Crippen molar-refractivity contribution >= 4 is 28.5 Å². The summed E-state index contributed by atoms with van der Waals surface area (Å²) in [5.74, 6) is -0.452. The molecule has 0 aromatic carbocycles. The predicted molar refractivity (Wildman–Crippen MR) is 64.7 cm³/mol. The van der Waals surface area contributed by atoms with Crippen molar-refractivity contribution in [3.05, 3.63) is 29.7 Å². The molecule has 0 fully saturated rings. The smallest absolute Gasteiger partial charge is 0.324 e. The highest BCUT2D eigenvalue weighted by molar-refractivity contribution is 6.33. The summed E-state index contributed by atoms with van der Waals surface area (Å²) in [6.07, 6.45) is 3.45. The molecule has 0 radical (unpaired) electrons. The number of carbonyl (C=O) groups is 1. The predicted octanol–water partition coefficient (Wildman–Crippen LogP) is 1.19. The number of ether oxygens (including phenoxy) is 1. The van der Waals surface area contributed by atoms with E-state index in [1.807, 2.05) is 18.3 Å². The molecular weight excluding hydrogens is 242 g/mol. The van der Waals surface area contributed by atoms with E-state index < -0.39 is 12.0 Å². The van der Waals surface area contributed by atoms with Gasteiger partial charge in [-0.25, -0.2) is 4.98 Å². The van der Waals surface area contributed by atoms with E-state index in [4.69, 9.17) is 17.3 Å². The molecule has 0 spiro atoms. The van der Waals surface area contributed by atoms with Gasteiger partial charge in [-0.2, -0.15) is 0 Å². The van der Waals surface area contributed by atoms with Gasteiger partial charge in [-0.1, -0.05) is 11.6 Å². The van der Waals surface area contributed by atoms with Crippen LogP contribution < -0.4 is 5.73 Å². The van der Waals surface area contributed by atoms with Gasteiger partial charge in [0.15, 0.2) is 5.15 Å². The molecule has 1 unspecified atom stereocenters. The first-order chi connectivity index (χ1) is 8.13. The molecule has 2 aromatic heterocycles. The number of halogens is 1. The fraction of sp³-hybridized carbons (Fsp3) is 0.273. The molecule has 17 heavy (non-hydrogen) atoms. The molecule has 0 saturated carbocycles. The van der Waals surface area contributed by atoms with E-state index in [1.54, 1.807) is 10.8 Å². The average molecular weight is 254 g/mol. The molecule has 2 N–H and O–H groups in total. The Morgan fingerprint density at radius 3 is 3.12 bits per heavy atom. The summed E-state index contributed by atoms with van der Waals surface area (Å²) in [5.41, 5.74) is 6.47. The monoisotopic (exact) mass is 253 g/mol. The van der Waals surface area contributed by atoms with Gasteiger partial charge in [0.2, 0.25) is 0 Å². The van der Waals surface area contributed by atoms with Gasteiger partial charge in [0, 0.05) is 24.3 Å². The third-order valence-electron chi connectivity index (χ3n) is 2.53. The van der Waals surface area contributed by atoms with Crippen molar-refractivity contribution in [3.63, 3.8) is 0 Å². The van der Waals surface area contributed by atoms with E-state index in [0.29, 0.717) is 11.7 Å². The molecule has 0 aliphatic carbocycles. The number of esters is 1. The number of carbonyl (C=O) groups excluding carboxylic acids is 1. The summed E-state index contributed by atoms with van der Waals surface area (Å²) >= 11 is 6.01. The number of methoxy groups -OCH3 is 1. The van der Waals surface area contributed by atoms with Crippen molar-refractivity contribution in [2.24, 2.45) is 5.73 Å². The fourth-order valence-electron chi connectivity index (χ4n) is 1.70. The summed E-state index contributed by atoms with van der Waals surface area (Å²) in [7, 11) is 1.31. The number of fused-ring (bicyclic) bond motifs is 1. The van der Waals surface area contributed by atoms with Crippen LogP contribution >= 0.6 is 11.6 Å². The zero-order valence-corrected chi connectivity index (χ0v) is 10.0. The topological polar surface area (TPSA) is 70.1 Å². The van der Waals surface area contributed by atoms with Crippen molar-refractivity contribution in [2.75, 3.05) is 7.11 Å². The lowest BCUT2D eigenvalue weighted by atomic mass is 10.3. The quantitative estimate of drug-likeness (QED) is 0.659. The number of aromatic nitrogens is 2. The van der Waals surface area contributed by atoms with Crippen LogP contribution in [-0.4, -0.2) is 28.7 Å². The maximum absolute atomic E-state index is 11.2. The van der Waals surface area contributed by atoms with Crippen molar-refractivity contribution in [1.82, 2.24) is 9.55 Å². The first-order valence-corrected chi connectivity index (χ1v) is 5.44. The first-order valence-electron chi connectivity index (χ1n) is 5.06. The van der Waals surface area contributed by atoms with E-state index in [1.165, 1.54) is 7.11 Å². The molecule has 6 heteroatoms. The van der Waals surface area contributed by atoms with E-state index in [9.17, 15) is 4.79 Å². The Bertz CT molecular complexity index is 553. The zero-order chi connectivity index (χ0) is 12.4. The molecule has 0 aliphatic heterocycles. The number of nitrogens with zero attached hydrogens (tertiary/aromatic N) is 2. The molecule has 90 valence electrons. The normalized spacial score (nSPS) is 12.6. The lowest BCUT2D eigenvalue weighted by molar-refractivity contribution is -0.142. The van der Waals surface area contributed by atoms with Gasteiger partial charge in [0.05, 0.1) is 12.6 Å². The largest absolute Gasteiger partial charge is 0.468 e. The molecule has 0 amide bonds. The fourth-order valence-corrected chi connectivity index (χ4v) is 1.97. The van der Waals surface area contributed by atoms with Crippen LogP contribution in [0, 0.1) is 0 Å². The van der Waals surface area contributed by atoms with Gasteiger partial charge in [-0.3, -0.25) is 4.79 Å². The number of pyridine rings is 1. The molecule has 1 atom stereocenters. The SMILES string of the molecule is COC(=O)C(N)Cn1ccc2ccnc(Cl)c21. The van der Waals surface area contributed by atoms with Crippen LogP contribution in [0.15, 0.2) is 24.5 Å². The minimum Gasteiger partial charge on any atom is -0.468 e. The van der Waals surface area contributed by atoms with Crippen LogP contribution in [0.3, 0.4) is 0 Å². The molecular formula is C11H12ClN3O2. The van der Waals surface area contributed by atoms with E-state index in [0.717, 1.165) is 10.9 Å². The minimum absolute atomic E-state index is 0.307. The Hall–Kier alpha value is -1.59. The number of rotatable bonds is 3. The summed E-state index contributed by atoms with van der Waals surface area (Å²) in [6, 6.07) is 3.03. The van der Waals surface area contributed by atoms with Gasteiger partial charge < -0.3 is 15.0 Å².